The van der Waals surface area contributed by atoms with E-state index < -0.39 is 0 Å². The summed E-state index contributed by atoms with van der Waals surface area (Å²) in [6, 6.07) is -0.146. The summed E-state index contributed by atoms with van der Waals surface area (Å²) < 4.78 is 10.8. The number of hydrogen-bond donors (Lipinski definition) is 1. The number of rotatable bonds is 2. The second-order valence-electron chi connectivity index (χ2n) is 6.87. The van der Waals surface area contributed by atoms with E-state index in [0.29, 0.717) is 50.6 Å². The van der Waals surface area contributed by atoms with Gasteiger partial charge in [-0.05, 0) is 13.8 Å². The summed E-state index contributed by atoms with van der Waals surface area (Å²) in [5, 5.41) is 7.22. The Hall–Kier alpha value is -2.59. The number of nitrogens with one attached hydrogen (secondary N) is 1. The fraction of sp³-hybridized carbons (Fsp3) is 0.588. The third-order valence-corrected chi connectivity index (χ3v) is 4.96. The van der Waals surface area contributed by atoms with Crippen LogP contribution < -0.4 is 0 Å². The zero-order chi connectivity index (χ0) is 19.0. The summed E-state index contributed by atoms with van der Waals surface area (Å²) >= 11 is 0. The highest BCUT2D eigenvalue weighted by Gasteiger charge is 2.31. The Morgan fingerprint density at radius 1 is 1.04 bits per heavy atom. The van der Waals surface area contributed by atoms with Crippen molar-refractivity contribution >= 4 is 22.8 Å². The normalized spacial score (nSPS) is 23.6. The first-order chi connectivity index (χ1) is 13.1. The molecule has 4 heterocycles. The number of fused-ring (bicyclic) bond motifs is 1. The topological polar surface area (TPSA) is 114 Å². The Bertz CT molecular complexity index is 868. The van der Waals surface area contributed by atoms with E-state index in [-0.39, 0.29) is 35.4 Å². The van der Waals surface area contributed by atoms with Gasteiger partial charge in [0.05, 0.1) is 50.1 Å². The molecule has 0 unspecified atom stereocenters. The number of carbonyl (C=O) groups is 2. The van der Waals surface area contributed by atoms with Gasteiger partial charge in [0.25, 0.3) is 11.8 Å². The molecule has 2 aliphatic rings. The summed E-state index contributed by atoms with van der Waals surface area (Å²) in [6.07, 6.45) is 1.51. The van der Waals surface area contributed by atoms with Gasteiger partial charge in [0.15, 0.2) is 5.65 Å². The van der Waals surface area contributed by atoms with Gasteiger partial charge in [0, 0.05) is 13.1 Å². The third-order valence-electron chi connectivity index (χ3n) is 4.96. The second kappa shape index (κ2) is 7.20. The van der Waals surface area contributed by atoms with Crippen LogP contribution in [0.1, 0.15) is 35.0 Å². The second-order valence-corrected chi connectivity index (χ2v) is 6.87. The van der Waals surface area contributed by atoms with Gasteiger partial charge in [-0.3, -0.25) is 14.7 Å². The zero-order valence-corrected chi connectivity index (χ0v) is 15.3. The van der Waals surface area contributed by atoms with Crippen LogP contribution in [-0.2, 0) is 9.47 Å². The van der Waals surface area contributed by atoms with Gasteiger partial charge < -0.3 is 19.3 Å². The molecule has 1 N–H and O–H groups in total. The smallest absolute Gasteiger partial charge is 0.292 e. The van der Waals surface area contributed by atoms with E-state index in [9.17, 15) is 9.59 Å². The van der Waals surface area contributed by atoms with E-state index in [1.54, 1.807) is 9.80 Å². The molecule has 0 saturated carbocycles. The average molecular weight is 374 g/mol. The molecule has 2 atom stereocenters. The average Bonchev–Trinajstić information content (AvgIpc) is 3.15. The Balaban J connectivity index is 1.71. The Morgan fingerprint density at radius 3 is 2.30 bits per heavy atom. The monoisotopic (exact) mass is 374 g/mol. The number of carbonyl (C=O) groups excluding carboxylic acids is 2. The molecule has 0 aliphatic carbocycles. The maximum atomic E-state index is 13.1. The highest BCUT2D eigenvalue weighted by Crippen LogP contribution is 2.19. The van der Waals surface area contributed by atoms with Crippen molar-refractivity contribution in [2.45, 2.75) is 25.9 Å². The van der Waals surface area contributed by atoms with E-state index in [4.69, 9.17) is 9.47 Å². The molecule has 2 fully saturated rings. The molecule has 0 radical (unpaired) electrons. The summed E-state index contributed by atoms with van der Waals surface area (Å²) in [4.78, 5) is 38.1. The van der Waals surface area contributed by atoms with Crippen molar-refractivity contribution < 1.29 is 19.1 Å². The summed E-state index contributed by atoms with van der Waals surface area (Å²) in [5.74, 6) is -0.570. The molecular formula is C17H22N6O4. The first kappa shape index (κ1) is 17.8. The predicted octanol–water partition coefficient (Wildman–Crippen LogP) is 0.0747. The Labute approximate surface area is 155 Å². The minimum absolute atomic E-state index is 0.00948. The summed E-state index contributed by atoms with van der Waals surface area (Å²) in [7, 11) is 0. The fourth-order valence-corrected chi connectivity index (χ4v) is 3.42. The van der Waals surface area contributed by atoms with Crippen molar-refractivity contribution in [3.8, 4) is 0 Å². The molecule has 0 bridgehead atoms. The van der Waals surface area contributed by atoms with Crippen LogP contribution in [0, 0.1) is 0 Å². The lowest BCUT2D eigenvalue weighted by molar-refractivity contribution is 0.00240. The van der Waals surface area contributed by atoms with E-state index in [0.717, 1.165) is 0 Å². The predicted molar refractivity (Wildman–Crippen MR) is 94.3 cm³/mol. The van der Waals surface area contributed by atoms with Crippen molar-refractivity contribution in [1.29, 1.82) is 0 Å². The minimum Gasteiger partial charge on any atom is -0.377 e. The number of aromatic amines is 1. The quantitative estimate of drug-likeness (QED) is 0.791. The SMILES string of the molecule is C[C@@H]1COCCN1C(=O)c1nc(C(=O)N2CCOC[C@H]2C)c2cn[nH]c2n1. The van der Waals surface area contributed by atoms with Crippen molar-refractivity contribution in [3.63, 3.8) is 0 Å². The van der Waals surface area contributed by atoms with Crippen LogP contribution in [-0.4, -0.2) is 93.4 Å². The standard InChI is InChI=1S/C17H22N6O4/c1-10-8-26-5-3-22(10)16(24)13-12-7-18-21-14(12)20-15(19-13)17(25)23-4-6-27-9-11(23)2/h7,10-11H,3-6,8-9H2,1-2H3,(H,18,19,20,21)/t10-,11-/m1/s1. The molecule has 0 aromatic carbocycles. The minimum atomic E-state index is -0.314. The van der Waals surface area contributed by atoms with Gasteiger partial charge >= 0.3 is 0 Å². The Kier molecular flexibility index (Phi) is 4.75. The van der Waals surface area contributed by atoms with Crippen LogP contribution in [0.2, 0.25) is 0 Å². The largest absolute Gasteiger partial charge is 0.377 e. The summed E-state index contributed by atoms with van der Waals surface area (Å²) in [6.45, 7) is 6.67. The molecule has 4 rings (SSSR count). The van der Waals surface area contributed by atoms with Crippen LogP contribution in [0.15, 0.2) is 6.20 Å². The fourth-order valence-electron chi connectivity index (χ4n) is 3.42. The lowest BCUT2D eigenvalue weighted by atomic mass is 10.2. The van der Waals surface area contributed by atoms with Crippen LogP contribution in [0.3, 0.4) is 0 Å². The van der Waals surface area contributed by atoms with E-state index in [2.05, 4.69) is 20.2 Å². The molecule has 2 amide bonds. The van der Waals surface area contributed by atoms with Crippen molar-refractivity contribution in [2.75, 3.05) is 39.5 Å². The van der Waals surface area contributed by atoms with E-state index in [1.807, 2.05) is 13.8 Å². The molecule has 10 nitrogen and oxygen atoms in total. The number of nitrogens with zero attached hydrogens (tertiary/aromatic N) is 5. The van der Waals surface area contributed by atoms with Crippen LogP contribution >= 0.6 is 0 Å². The van der Waals surface area contributed by atoms with Gasteiger partial charge in [-0.2, -0.15) is 5.10 Å². The molecule has 0 spiro atoms. The van der Waals surface area contributed by atoms with E-state index >= 15 is 0 Å². The van der Waals surface area contributed by atoms with E-state index in [1.165, 1.54) is 6.20 Å². The molecule has 10 heteroatoms. The number of H-pyrrole nitrogens is 1. The number of aromatic nitrogens is 4. The molecule has 2 aliphatic heterocycles. The molecular weight excluding hydrogens is 352 g/mol. The number of amides is 2. The van der Waals surface area contributed by atoms with Crippen molar-refractivity contribution in [3.05, 3.63) is 17.7 Å². The first-order valence-electron chi connectivity index (χ1n) is 9.05. The lowest BCUT2D eigenvalue weighted by Crippen LogP contribution is -2.48. The van der Waals surface area contributed by atoms with Crippen LogP contribution in [0.5, 0.6) is 0 Å². The Morgan fingerprint density at radius 2 is 1.67 bits per heavy atom. The highest BCUT2D eigenvalue weighted by atomic mass is 16.5. The maximum Gasteiger partial charge on any atom is 0.292 e. The lowest BCUT2D eigenvalue weighted by Gasteiger charge is -2.33. The van der Waals surface area contributed by atoms with Crippen molar-refractivity contribution in [2.24, 2.45) is 0 Å². The molecule has 2 saturated heterocycles. The van der Waals surface area contributed by atoms with Crippen molar-refractivity contribution in [1.82, 2.24) is 30.0 Å². The number of ether oxygens (including phenoxy) is 2. The number of morpholine rings is 2. The van der Waals surface area contributed by atoms with Gasteiger partial charge in [-0.1, -0.05) is 0 Å². The van der Waals surface area contributed by atoms with Gasteiger partial charge in [0.2, 0.25) is 5.82 Å². The first-order valence-corrected chi connectivity index (χ1v) is 9.05. The van der Waals surface area contributed by atoms with Gasteiger partial charge in [-0.25, -0.2) is 9.97 Å². The summed E-state index contributed by atoms with van der Waals surface area (Å²) in [5.41, 5.74) is 0.560. The van der Waals surface area contributed by atoms with Crippen LogP contribution in [0.25, 0.3) is 11.0 Å². The molecule has 27 heavy (non-hydrogen) atoms. The maximum absolute atomic E-state index is 13.1. The molecule has 144 valence electrons. The zero-order valence-electron chi connectivity index (χ0n) is 15.3. The van der Waals surface area contributed by atoms with Gasteiger partial charge in [0.1, 0.15) is 5.69 Å². The molecule has 2 aromatic heterocycles. The number of hydrogen-bond acceptors (Lipinski definition) is 7. The molecule has 2 aromatic rings. The van der Waals surface area contributed by atoms with Gasteiger partial charge in [-0.15, -0.1) is 0 Å². The van der Waals surface area contributed by atoms with Crippen LogP contribution in [0.4, 0.5) is 0 Å². The third kappa shape index (κ3) is 3.26. The highest BCUT2D eigenvalue weighted by molar-refractivity contribution is 6.05.